The maximum atomic E-state index is 11.3. The van der Waals surface area contributed by atoms with Gasteiger partial charge in [-0.25, -0.2) is 0 Å². The fourth-order valence-electron chi connectivity index (χ4n) is 1.81. The van der Waals surface area contributed by atoms with Crippen LogP contribution in [0.4, 0.5) is 17.1 Å². The summed E-state index contributed by atoms with van der Waals surface area (Å²) >= 11 is 5.92. The smallest absolute Gasteiger partial charge is 0.159 e. The molecule has 3 N–H and O–H groups in total. The third kappa shape index (κ3) is 3.06. The lowest BCUT2D eigenvalue weighted by Crippen LogP contribution is -2.00. The number of hydrogen-bond acceptors (Lipinski definition) is 3. The molecule has 0 spiro atoms. The Balaban J connectivity index is 2.31. The average molecular weight is 275 g/mol. The minimum Gasteiger partial charge on any atom is -0.397 e. The van der Waals surface area contributed by atoms with Crippen LogP contribution in [0.2, 0.25) is 5.02 Å². The van der Waals surface area contributed by atoms with E-state index in [4.69, 9.17) is 17.3 Å². The molecule has 0 heterocycles. The Morgan fingerprint density at radius 1 is 1.16 bits per heavy atom. The lowest BCUT2D eigenvalue weighted by molar-refractivity contribution is 0.101. The standard InChI is InChI=1S/C15H15ClN2O/c1-9-7-12(16)4-6-14(9)18-15-5-3-11(10(2)19)8-13(15)17/h3-8,18H,17H2,1-2H3. The topological polar surface area (TPSA) is 55.1 Å². The number of nitrogens with two attached hydrogens (primary N) is 1. The van der Waals surface area contributed by atoms with E-state index >= 15 is 0 Å². The maximum Gasteiger partial charge on any atom is 0.159 e. The summed E-state index contributed by atoms with van der Waals surface area (Å²) in [5.41, 5.74) is 9.84. The number of ketones is 1. The first-order chi connectivity index (χ1) is 8.97. The molecule has 0 bridgehead atoms. The van der Waals surface area contributed by atoms with E-state index in [1.54, 1.807) is 18.2 Å². The van der Waals surface area contributed by atoms with Gasteiger partial charge in [-0.15, -0.1) is 0 Å². The molecule has 0 aromatic heterocycles. The number of Topliss-reactive ketones (excluding diaryl/α,β-unsaturated/α-hetero) is 1. The van der Waals surface area contributed by atoms with Crippen LogP contribution >= 0.6 is 11.6 Å². The first-order valence-electron chi connectivity index (χ1n) is 5.91. The van der Waals surface area contributed by atoms with Crippen LogP contribution in [0.25, 0.3) is 0 Å². The van der Waals surface area contributed by atoms with E-state index in [1.807, 2.05) is 25.1 Å². The molecule has 0 aliphatic heterocycles. The van der Waals surface area contributed by atoms with Crippen molar-refractivity contribution < 1.29 is 4.79 Å². The van der Waals surface area contributed by atoms with Crippen molar-refractivity contribution in [1.29, 1.82) is 0 Å². The second-order valence-corrected chi connectivity index (χ2v) is 4.88. The number of halogens is 1. The molecule has 2 rings (SSSR count). The van der Waals surface area contributed by atoms with Gasteiger partial charge >= 0.3 is 0 Å². The van der Waals surface area contributed by atoms with Crippen LogP contribution in [-0.4, -0.2) is 5.78 Å². The van der Waals surface area contributed by atoms with Gasteiger partial charge in [0.25, 0.3) is 0 Å². The number of aryl methyl sites for hydroxylation is 1. The second-order valence-electron chi connectivity index (χ2n) is 4.44. The van der Waals surface area contributed by atoms with Crippen LogP contribution in [0.1, 0.15) is 22.8 Å². The van der Waals surface area contributed by atoms with Gasteiger partial charge in [-0.2, -0.15) is 0 Å². The molecule has 0 unspecified atom stereocenters. The molecule has 0 amide bonds. The summed E-state index contributed by atoms with van der Waals surface area (Å²) in [4.78, 5) is 11.3. The average Bonchev–Trinajstić information content (AvgIpc) is 2.34. The highest BCUT2D eigenvalue weighted by Crippen LogP contribution is 2.27. The van der Waals surface area contributed by atoms with Crippen molar-refractivity contribution in [3.05, 3.63) is 52.5 Å². The number of nitrogens with one attached hydrogen (secondary N) is 1. The van der Waals surface area contributed by atoms with Gasteiger partial charge in [-0.1, -0.05) is 11.6 Å². The van der Waals surface area contributed by atoms with Gasteiger partial charge in [0.05, 0.1) is 11.4 Å². The minimum atomic E-state index is 0.000855. The molecule has 3 nitrogen and oxygen atoms in total. The lowest BCUT2D eigenvalue weighted by Gasteiger charge is -2.12. The largest absolute Gasteiger partial charge is 0.397 e. The number of hydrogen-bond donors (Lipinski definition) is 2. The fourth-order valence-corrected chi connectivity index (χ4v) is 2.03. The molecule has 0 saturated carbocycles. The molecule has 2 aromatic rings. The Hall–Kier alpha value is -2.00. The molecular formula is C15H15ClN2O. The summed E-state index contributed by atoms with van der Waals surface area (Å²) in [5, 5.41) is 3.94. The molecule has 0 atom stereocenters. The molecule has 0 aliphatic rings. The summed E-state index contributed by atoms with van der Waals surface area (Å²) in [6, 6.07) is 10.8. The van der Waals surface area contributed by atoms with Crippen molar-refractivity contribution in [1.82, 2.24) is 0 Å². The van der Waals surface area contributed by atoms with Crippen LogP contribution in [-0.2, 0) is 0 Å². The molecule has 0 fully saturated rings. The molecular weight excluding hydrogens is 260 g/mol. The van der Waals surface area contributed by atoms with Crippen molar-refractivity contribution in [3.8, 4) is 0 Å². The van der Waals surface area contributed by atoms with E-state index in [9.17, 15) is 4.79 Å². The molecule has 0 saturated heterocycles. The van der Waals surface area contributed by atoms with E-state index in [-0.39, 0.29) is 5.78 Å². The zero-order valence-electron chi connectivity index (χ0n) is 10.8. The number of anilines is 3. The van der Waals surface area contributed by atoms with Crippen LogP contribution in [0.3, 0.4) is 0 Å². The normalized spacial score (nSPS) is 10.3. The molecule has 0 aliphatic carbocycles. The third-order valence-electron chi connectivity index (χ3n) is 2.92. The highest BCUT2D eigenvalue weighted by molar-refractivity contribution is 6.30. The summed E-state index contributed by atoms with van der Waals surface area (Å²) in [6.07, 6.45) is 0. The summed E-state index contributed by atoms with van der Waals surface area (Å²) in [6.45, 7) is 3.49. The van der Waals surface area contributed by atoms with Crippen molar-refractivity contribution in [2.45, 2.75) is 13.8 Å². The Morgan fingerprint density at radius 3 is 2.42 bits per heavy atom. The first kappa shape index (κ1) is 13.4. The molecule has 0 radical (unpaired) electrons. The Kier molecular flexibility index (Phi) is 3.76. The molecule has 4 heteroatoms. The van der Waals surface area contributed by atoms with Crippen LogP contribution in [0.15, 0.2) is 36.4 Å². The third-order valence-corrected chi connectivity index (χ3v) is 3.15. The predicted molar refractivity (Wildman–Crippen MR) is 80.3 cm³/mol. The fraction of sp³-hybridized carbons (Fsp3) is 0.133. The summed E-state index contributed by atoms with van der Waals surface area (Å²) < 4.78 is 0. The van der Waals surface area contributed by atoms with Crippen LogP contribution in [0, 0.1) is 6.92 Å². The number of nitrogen functional groups attached to an aromatic ring is 1. The van der Waals surface area contributed by atoms with Gasteiger partial charge in [-0.05, 0) is 55.8 Å². The van der Waals surface area contributed by atoms with Gasteiger partial charge in [0, 0.05) is 16.3 Å². The Bertz CT molecular complexity index is 638. The van der Waals surface area contributed by atoms with Crippen molar-refractivity contribution in [2.75, 3.05) is 11.1 Å². The summed E-state index contributed by atoms with van der Waals surface area (Å²) in [7, 11) is 0. The second kappa shape index (κ2) is 5.33. The number of carbonyl (C=O) groups excluding carboxylic acids is 1. The summed E-state index contributed by atoms with van der Waals surface area (Å²) in [5.74, 6) is 0.000855. The van der Waals surface area contributed by atoms with E-state index in [0.29, 0.717) is 16.3 Å². The minimum absolute atomic E-state index is 0.000855. The van der Waals surface area contributed by atoms with Gasteiger partial charge in [0.1, 0.15) is 0 Å². The van der Waals surface area contributed by atoms with Gasteiger partial charge in [0.15, 0.2) is 5.78 Å². The zero-order chi connectivity index (χ0) is 14.0. The van der Waals surface area contributed by atoms with Crippen molar-refractivity contribution >= 4 is 34.4 Å². The molecule has 98 valence electrons. The van der Waals surface area contributed by atoms with E-state index in [0.717, 1.165) is 16.9 Å². The van der Waals surface area contributed by atoms with Crippen molar-refractivity contribution in [2.24, 2.45) is 0 Å². The molecule has 2 aromatic carbocycles. The Morgan fingerprint density at radius 2 is 1.84 bits per heavy atom. The number of benzene rings is 2. The van der Waals surface area contributed by atoms with E-state index in [1.165, 1.54) is 6.92 Å². The van der Waals surface area contributed by atoms with Crippen molar-refractivity contribution in [3.63, 3.8) is 0 Å². The quantitative estimate of drug-likeness (QED) is 0.652. The van der Waals surface area contributed by atoms with Crippen LogP contribution < -0.4 is 11.1 Å². The maximum absolute atomic E-state index is 11.3. The predicted octanol–water partition coefficient (Wildman–Crippen LogP) is 4.18. The zero-order valence-corrected chi connectivity index (χ0v) is 11.6. The number of rotatable bonds is 3. The Labute approximate surface area is 117 Å². The van der Waals surface area contributed by atoms with Gasteiger partial charge in [0.2, 0.25) is 0 Å². The van der Waals surface area contributed by atoms with Gasteiger partial charge in [-0.3, -0.25) is 4.79 Å². The van der Waals surface area contributed by atoms with E-state index in [2.05, 4.69) is 5.32 Å². The van der Waals surface area contributed by atoms with Crippen LogP contribution in [0.5, 0.6) is 0 Å². The SMILES string of the molecule is CC(=O)c1ccc(Nc2ccc(Cl)cc2C)c(N)c1. The molecule has 19 heavy (non-hydrogen) atoms. The monoisotopic (exact) mass is 274 g/mol. The van der Waals surface area contributed by atoms with E-state index < -0.39 is 0 Å². The van der Waals surface area contributed by atoms with Gasteiger partial charge < -0.3 is 11.1 Å². The highest BCUT2D eigenvalue weighted by atomic mass is 35.5. The highest BCUT2D eigenvalue weighted by Gasteiger charge is 2.06. The lowest BCUT2D eigenvalue weighted by atomic mass is 10.1. The first-order valence-corrected chi connectivity index (χ1v) is 6.29. The number of carbonyl (C=O) groups is 1.